The normalized spacial score (nSPS) is 14.7. The fraction of sp³-hybridized carbons (Fsp3) is 0.333. The maximum atomic E-state index is 12.9. The predicted molar refractivity (Wildman–Crippen MR) is 106 cm³/mol. The summed E-state index contributed by atoms with van der Waals surface area (Å²) in [6, 6.07) is 8.80. The summed E-state index contributed by atoms with van der Waals surface area (Å²) < 4.78 is 44.0. The molecule has 1 fully saturated rings. The lowest BCUT2D eigenvalue weighted by Gasteiger charge is -2.36. The smallest absolute Gasteiger partial charge is 0.368 e. The number of anilines is 1. The highest BCUT2D eigenvalue weighted by atomic mass is 19.4. The summed E-state index contributed by atoms with van der Waals surface area (Å²) in [5.41, 5.74) is 0.618. The second-order valence-corrected chi connectivity index (χ2v) is 7.16. The van der Waals surface area contributed by atoms with Gasteiger partial charge in [0, 0.05) is 62.7 Å². The van der Waals surface area contributed by atoms with E-state index in [0.29, 0.717) is 50.0 Å². The Morgan fingerprint density at radius 3 is 2.52 bits per heavy atom. The predicted octanol–water partition coefficient (Wildman–Crippen LogP) is 3.43. The molecule has 0 N–H and O–H groups in total. The molecule has 31 heavy (non-hydrogen) atoms. The summed E-state index contributed by atoms with van der Waals surface area (Å²) in [7, 11) is 0. The molecule has 3 aromatic rings. The van der Waals surface area contributed by atoms with Crippen molar-refractivity contribution in [2.75, 3.05) is 31.1 Å². The second-order valence-electron chi connectivity index (χ2n) is 7.16. The van der Waals surface area contributed by atoms with Crippen molar-refractivity contribution in [2.45, 2.75) is 19.0 Å². The highest BCUT2D eigenvalue weighted by Crippen LogP contribution is 2.31. The standard InChI is InChI=1S/C21H20F3N5O2/c22-21(23,24)16-2-1-3-17(14-16)28-10-12-29(13-11-28)19(30)5-4-18-26-20(27-31-18)15-6-8-25-9-7-15/h1-3,6-9,14H,4-5,10-13H2. The van der Waals surface area contributed by atoms with E-state index in [1.807, 2.05) is 4.90 Å². The summed E-state index contributed by atoms with van der Waals surface area (Å²) in [6.45, 7) is 1.84. The maximum absolute atomic E-state index is 12.9. The first-order valence-electron chi connectivity index (χ1n) is 9.83. The lowest BCUT2D eigenvalue weighted by Crippen LogP contribution is -2.48. The van der Waals surface area contributed by atoms with Crippen molar-refractivity contribution in [1.29, 1.82) is 0 Å². The van der Waals surface area contributed by atoms with Crippen molar-refractivity contribution in [3.8, 4) is 11.4 Å². The van der Waals surface area contributed by atoms with Crippen LogP contribution in [0.25, 0.3) is 11.4 Å². The fourth-order valence-electron chi connectivity index (χ4n) is 3.44. The van der Waals surface area contributed by atoms with Gasteiger partial charge in [0.1, 0.15) is 0 Å². The van der Waals surface area contributed by atoms with E-state index in [0.717, 1.165) is 17.7 Å². The van der Waals surface area contributed by atoms with Gasteiger partial charge in [0.15, 0.2) is 0 Å². The van der Waals surface area contributed by atoms with Crippen molar-refractivity contribution in [3.63, 3.8) is 0 Å². The molecule has 162 valence electrons. The molecule has 1 aliphatic heterocycles. The lowest BCUT2D eigenvalue weighted by atomic mass is 10.1. The van der Waals surface area contributed by atoms with Crippen molar-refractivity contribution >= 4 is 11.6 Å². The van der Waals surface area contributed by atoms with Crippen LogP contribution in [-0.2, 0) is 17.4 Å². The van der Waals surface area contributed by atoms with E-state index in [9.17, 15) is 18.0 Å². The van der Waals surface area contributed by atoms with Gasteiger partial charge in [-0.2, -0.15) is 18.2 Å². The zero-order valence-electron chi connectivity index (χ0n) is 16.5. The molecule has 0 atom stereocenters. The topological polar surface area (TPSA) is 75.4 Å². The molecule has 0 aliphatic carbocycles. The van der Waals surface area contributed by atoms with Gasteiger partial charge in [-0.3, -0.25) is 9.78 Å². The molecule has 3 heterocycles. The third-order valence-electron chi connectivity index (χ3n) is 5.13. The Labute approximate surface area is 176 Å². The van der Waals surface area contributed by atoms with Crippen LogP contribution in [-0.4, -0.2) is 52.1 Å². The van der Waals surface area contributed by atoms with Gasteiger partial charge in [-0.25, -0.2) is 0 Å². The van der Waals surface area contributed by atoms with Gasteiger partial charge in [0.2, 0.25) is 17.6 Å². The van der Waals surface area contributed by atoms with Crippen LogP contribution in [0.5, 0.6) is 0 Å². The molecule has 4 rings (SSSR count). The Morgan fingerprint density at radius 2 is 1.81 bits per heavy atom. The molecule has 0 unspecified atom stereocenters. The monoisotopic (exact) mass is 431 g/mol. The Morgan fingerprint density at radius 1 is 1.06 bits per heavy atom. The summed E-state index contributed by atoms with van der Waals surface area (Å²) in [4.78, 5) is 24.3. The van der Waals surface area contributed by atoms with Crippen molar-refractivity contribution < 1.29 is 22.5 Å². The van der Waals surface area contributed by atoms with Crippen LogP contribution in [0.15, 0.2) is 53.3 Å². The molecule has 0 saturated carbocycles. The number of hydrogen-bond donors (Lipinski definition) is 0. The number of nitrogens with zero attached hydrogens (tertiary/aromatic N) is 5. The van der Waals surface area contributed by atoms with E-state index in [1.54, 1.807) is 35.5 Å². The molecular formula is C21H20F3N5O2. The van der Waals surface area contributed by atoms with E-state index >= 15 is 0 Å². The fourth-order valence-corrected chi connectivity index (χ4v) is 3.44. The van der Waals surface area contributed by atoms with E-state index < -0.39 is 11.7 Å². The van der Waals surface area contributed by atoms with Gasteiger partial charge < -0.3 is 14.3 Å². The van der Waals surface area contributed by atoms with Crippen LogP contribution in [0, 0.1) is 0 Å². The van der Waals surface area contributed by atoms with Gasteiger partial charge >= 0.3 is 6.18 Å². The summed E-state index contributed by atoms with van der Waals surface area (Å²) >= 11 is 0. The van der Waals surface area contributed by atoms with Gasteiger partial charge in [-0.05, 0) is 30.3 Å². The Bertz CT molecular complexity index is 1030. The molecule has 0 spiro atoms. The third kappa shape index (κ3) is 5.01. The van der Waals surface area contributed by atoms with Crippen molar-refractivity contribution in [1.82, 2.24) is 20.0 Å². The first-order valence-corrected chi connectivity index (χ1v) is 9.83. The molecule has 2 aromatic heterocycles. The molecule has 1 saturated heterocycles. The first kappa shape index (κ1) is 20.8. The van der Waals surface area contributed by atoms with Crippen LogP contribution in [0.2, 0.25) is 0 Å². The summed E-state index contributed by atoms with van der Waals surface area (Å²) in [5, 5.41) is 3.92. The average Bonchev–Trinajstić information content (AvgIpc) is 3.27. The maximum Gasteiger partial charge on any atom is 0.416 e. The highest BCUT2D eigenvalue weighted by Gasteiger charge is 2.31. The number of alkyl halides is 3. The first-order chi connectivity index (χ1) is 14.9. The number of aryl methyl sites for hydroxylation is 1. The highest BCUT2D eigenvalue weighted by molar-refractivity contribution is 5.76. The quantitative estimate of drug-likeness (QED) is 0.616. The molecule has 1 aromatic carbocycles. The van der Waals surface area contributed by atoms with Crippen molar-refractivity contribution in [3.05, 3.63) is 60.2 Å². The minimum atomic E-state index is -4.38. The van der Waals surface area contributed by atoms with E-state index in [4.69, 9.17) is 4.52 Å². The molecule has 0 radical (unpaired) electrons. The number of amides is 1. The Kier molecular flexibility index (Phi) is 5.88. The molecular weight excluding hydrogens is 411 g/mol. The minimum absolute atomic E-state index is 0.0487. The third-order valence-corrected chi connectivity index (χ3v) is 5.13. The molecule has 10 heteroatoms. The zero-order valence-corrected chi connectivity index (χ0v) is 16.5. The zero-order chi connectivity index (χ0) is 21.8. The number of aromatic nitrogens is 3. The average molecular weight is 431 g/mol. The largest absolute Gasteiger partial charge is 0.416 e. The Balaban J connectivity index is 1.29. The van der Waals surface area contributed by atoms with E-state index in [-0.39, 0.29) is 12.3 Å². The number of piperazine rings is 1. The van der Waals surface area contributed by atoms with Crippen LogP contribution < -0.4 is 4.90 Å². The number of halogens is 3. The summed E-state index contributed by atoms with van der Waals surface area (Å²) in [6.07, 6.45) is -0.562. The van der Waals surface area contributed by atoms with E-state index in [2.05, 4.69) is 15.1 Å². The number of benzene rings is 1. The van der Waals surface area contributed by atoms with Crippen molar-refractivity contribution in [2.24, 2.45) is 0 Å². The molecule has 1 aliphatic rings. The van der Waals surface area contributed by atoms with Gasteiger partial charge in [0.05, 0.1) is 5.56 Å². The molecule has 0 bridgehead atoms. The van der Waals surface area contributed by atoms with Gasteiger partial charge in [-0.1, -0.05) is 11.2 Å². The van der Waals surface area contributed by atoms with E-state index in [1.165, 1.54) is 6.07 Å². The number of rotatable bonds is 5. The number of hydrogen-bond acceptors (Lipinski definition) is 6. The summed E-state index contributed by atoms with van der Waals surface area (Å²) in [5.74, 6) is 0.773. The number of carbonyl (C=O) groups is 1. The molecule has 7 nitrogen and oxygen atoms in total. The van der Waals surface area contributed by atoms with Crippen LogP contribution in [0.1, 0.15) is 17.9 Å². The van der Waals surface area contributed by atoms with Crippen LogP contribution in [0.3, 0.4) is 0 Å². The lowest BCUT2D eigenvalue weighted by molar-refractivity contribution is -0.137. The van der Waals surface area contributed by atoms with Gasteiger partial charge in [-0.15, -0.1) is 0 Å². The van der Waals surface area contributed by atoms with Crippen LogP contribution >= 0.6 is 0 Å². The SMILES string of the molecule is O=C(CCc1nc(-c2ccncc2)no1)N1CCN(c2cccc(C(F)(F)F)c2)CC1. The van der Waals surface area contributed by atoms with Gasteiger partial charge in [0.25, 0.3) is 0 Å². The minimum Gasteiger partial charge on any atom is -0.368 e. The van der Waals surface area contributed by atoms with Crippen LogP contribution in [0.4, 0.5) is 18.9 Å². The Hall–Kier alpha value is -3.43. The number of pyridine rings is 1. The molecule has 1 amide bonds. The number of carbonyl (C=O) groups excluding carboxylic acids is 1. The second kappa shape index (κ2) is 8.75.